The minimum atomic E-state index is -0.446. The summed E-state index contributed by atoms with van der Waals surface area (Å²) in [5.41, 5.74) is 1.07. The van der Waals surface area contributed by atoms with Gasteiger partial charge in [-0.05, 0) is 56.2 Å². The quantitative estimate of drug-likeness (QED) is 0.300. The fraction of sp³-hybridized carbons (Fsp3) is 0.625. The lowest BCUT2D eigenvalue weighted by molar-refractivity contribution is -0.148. The number of esters is 1. The zero-order valence-corrected chi connectivity index (χ0v) is 18.7. The van der Waals surface area contributed by atoms with Gasteiger partial charge in [0.1, 0.15) is 5.60 Å². The zero-order chi connectivity index (χ0) is 20.1. The third-order valence-corrected chi connectivity index (χ3v) is 6.10. The summed E-state index contributed by atoms with van der Waals surface area (Å²) >= 11 is 1.86. The van der Waals surface area contributed by atoms with Crippen molar-refractivity contribution in [3.05, 3.63) is 42.0 Å². The topological polar surface area (TPSA) is 26.3 Å². The second kappa shape index (κ2) is 9.32. The summed E-state index contributed by atoms with van der Waals surface area (Å²) in [6.45, 7) is 12.4. The first-order valence-electron chi connectivity index (χ1n) is 10.2. The van der Waals surface area contributed by atoms with E-state index in [1.807, 2.05) is 32.5 Å². The molecule has 1 atom stereocenters. The molecule has 1 aromatic rings. The van der Waals surface area contributed by atoms with Crippen LogP contribution in [0.3, 0.4) is 0 Å². The molecule has 0 radical (unpaired) electrons. The number of rotatable bonds is 6. The number of carbonyl (C=O) groups is 1. The summed E-state index contributed by atoms with van der Waals surface area (Å²) in [5.74, 6) is 0.530. The van der Waals surface area contributed by atoms with Crippen molar-refractivity contribution in [2.45, 2.75) is 94.8 Å². The molecule has 1 aliphatic rings. The summed E-state index contributed by atoms with van der Waals surface area (Å²) in [6, 6.07) is 8.89. The third-order valence-electron chi connectivity index (χ3n) is 4.90. The summed E-state index contributed by atoms with van der Waals surface area (Å²) in [7, 11) is 0. The molecule has 0 bridgehead atoms. The highest BCUT2D eigenvalue weighted by molar-refractivity contribution is 8.00. The van der Waals surface area contributed by atoms with Crippen molar-refractivity contribution in [3.63, 3.8) is 0 Å². The van der Waals surface area contributed by atoms with E-state index in [9.17, 15) is 4.79 Å². The van der Waals surface area contributed by atoms with Gasteiger partial charge in [0, 0.05) is 16.2 Å². The Hall–Kier alpha value is -1.22. The minimum Gasteiger partial charge on any atom is -0.457 e. The molecule has 1 aromatic carbocycles. The highest BCUT2D eigenvalue weighted by Crippen LogP contribution is 2.36. The Bertz CT molecular complexity index is 626. The van der Waals surface area contributed by atoms with E-state index in [1.54, 1.807) is 6.08 Å². The van der Waals surface area contributed by atoms with Gasteiger partial charge in [-0.25, -0.2) is 4.79 Å². The van der Waals surface area contributed by atoms with E-state index in [-0.39, 0.29) is 11.4 Å². The van der Waals surface area contributed by atoms with Gasteiger partial charge in [-0.2, -0.15) is 0 Å². The molecule has 0 N–H and O–H groups in total. The lowest BCUT2D eigenvalue weighted by atomic mass is 9.87. The Morgan fingerprint density at radius 3 is 2.22 bits per heavy atom. The predicted molar refractivity (Wildman–Crippen MR) is 116 cm³/mol. The zero-order valence-electron chi connectivity index (χ0n) is 17.9. The number of benzene rings is 1. The highest BCUT2D eigenvalue weighted by atomic mass is 32.2. The summed E-state index contributed by atoms with van der Waals surface area (Å²) < 4.78 is 5.43. The van der Waals surface area contributed by atoms with Gasteiger partial charge in [0.05, 0.1) is 0 Å². The standard InChI is InChI=1S/C24H36O2S/c1-23(2,3)19-11-13-20(14-12-19)27-21(17-18-9-7-8-10-18)15-16-22(25)26-24(4,5)6/h11-16,18,21H,7-10,17H2,1-6H3/b16-15+/t21-/m0/s1. The molecule has 0 aliphatic heterocycles. The predicted octanol–water partition coefficient (Wildman–Crippen LogP) is 6.92. The van der Waals surface area contributed by atoms with Crippen LogP contribution in [0.1, 0.15) is 79.2 Å². The first kappa shape index (κ1) is 22.1. The molecule has 3 heteroatoms. The molecule has 0 saturated heterocycles. The SMILES string of the molecule is CC(C)(C)OC(=O)/C=C/[C@@H](CC1CCCC1)Sc1ccc(C(C)(C)C)cc1. The summed E-state index contributed by atoms with van der Waals surface area (Å²) in [4.78, 5) is 13.4. The van der Waals surface area contributed by atoms with Crippen LogP contribution in [0, 0.1) is 5.92 Å². The van der Waals surface area contributed by atoms with Crippen molar-refractivity contribution in [2.75, 3.05) is 0 Å². The van der Waals surface area contributed by atoms with Gasteiger partial charge in [0.25, 0.3) is 0 Å². The van der Waals surface area contributed by atoms with Crippen molar-refractivity contribution >= 4 is 17.7 Å². The smallest absolute Gasteiger partial charge is 0.330 e. The van der Waals surface area contributed by atoms with Crippen LogP contribution in [-0.2, 0) is 14.9 Å². The molecule has 2 rings (SSSR count). The van der Waals surface area contributed by atoms with Gasteiger partial charge in [0.2, 0.25) is 0 Å². The van der Waals surface area contributed by atoms with Crippen molar-refractivity contribution in [3.8, 4) is 0 Å². The first-order chi connectivity index (χ1) is 12.5. The molecular formula is C24H36O2S. The van der Waals surface area contributed by atoms with E-state index in [0.717, 1.165) is 12.3 Å². The maximum atomic E-state index is 12.1. The van der Waals surface area contributed by atoms with Gasteiger partial charge in [-0.3, -0.25) is 0 Å². The third kappa shape index (κ3) is 8.13. The second-order valence-corrected chi connectivity index (χ2v) is 11.0. The molecule has 1 saturated carbocycles. The van der Waals surface area contributed by atoms with Crippen LogP contribution in [0.4, 0.5) is 0 Å². The molecule has 0 amide bonds. The van der Waals surface area contributed by atoms with Crippen LogP contribution >= 0.6 is 11.8 Å². The van der Waals surface area contributed by atoms with Crippen molar-refractivity contribution < 1.29 is 9.53 Å². The molecule has 27 heavy (non-hydrogen) atoms. The number of hydrogen-bond donors (Lipinski definition) is 0. The summed E-state index contributed by atoms with van der Waals surface area (Å²) in [5, 5.41) is 0.307. The minimum absolute atomic E-state index is 0.170. The Labute approximate surface area is 170 Å². The molecule has 2 nitrogen and oxygen atoms in total. The molecule has 1 aliphatic carbocycles. The molecule has 150 valence electrons. The van der Waals surface area contributed by atoms with Gasteiger partial charge < -0.3 is 4.74 Å². The van der Waals surface area contributed by atoms with Crippen LogP contribution in [0.25, 0.3) is 0 Å². The van der Waals surface area contributed by atoms with Crippen LogP contribution in [0.5, 0.6) is 0 Å². The molecular weight excluding hydrogens is 352 g/mol. The van der Waals surface area contributed by atoms with Crippen molar-refractivity contribution in [2.24, 2.45) is 5.92 Å². The average Bonchev–Trinajstić information content (AvgIpc) is 3.03. The Morgan fingerprint density at radius 2 is 1.70 bits per heavy atom. The fourth-order valence-electron chi connectivity index (χ4n) is 3.47. The normalized spacial score (nSPS) is 17.4. The van der Waals surface area contributed by atoms with Gasteiger partial charge in [-0.1, -0.05) is 64.7 Å². The van der Waals surface area contributed by atoms with Gasteiger partial charge in [0.15, 0.2) is 0 Å². The van der Waals surface area contributed by atoms with Gasteiger partial charge >= 0.3 is 5.97 Å². The molecule has 0 unspecified atom stereocenters. The first-order valence-corrected chi connectivity index (χ1v) is 11.1. The van der Waals surface area contributed by atoms with E-state index in [4.69, 9.17) is 4.74 Å². The van der Waals surface area contributed by atoms with Crippen LogP contribution in [0.2, 0.25) is 0 Å². The fourth-order valence-corrected chi connectivity index (χ4v) is 4.64. The summed E-state index contributed by atoms with van der Waals surface area (Å²) in [6.07, 6.45) is 10.1. The largest absolute Gasteiger partial charge is 0.457 e. The van der Waals surface area contributed by atoms with E-state index in [0.29, 0.717) is 5.25 Å². The Kier molecular flexibility index (Phi) is 7.62. The number of hydrogen-bond acceptors (Lipinski definition) is 3. The molecule has 0 heterocycles. The maximum Gasteiger partial charge on any atom is 0.330 e. The highest BCUT2D eigenvalue weighted by Gasteiger charge is 2.21. The number of thioether (sulfide) groups is 1. The van der Waals surface area contributed by atoms with Gasteiger partial charge in [-0.15, -0.1) is 11.8 Å². The number of carbonyl (C=O) groups excluding carboxylic acids is 1. The van der Waals surface area contributed by atoms with E-state index < -0.39 is 5.60 Å². The van der Waals surface area contributed by atoms with Crippen LogP contribution in [-0.4, -0.2) is 16.8 Å². The molecule has 1 fully saturated rings. The van der Waals surface area contributed by atoms with Crippen molar-refractivity contribution in [1.29, 1.82) is 0 Å². The van der Waals surface area contributed by atoms with E-state index in [2.05, 4.69) is 51.1 Å². The lowest BCUT2D eigenvalue weighted by Crippen LogP contribution is -2.22. The van der Waals surface area contributed by atoms with Crippen LogP contribution < -0.4 is 0 Å². The number of ether oxygens (including phenoxy) is 1. The molecule has 0 aromatic heterocycles. The monoisotopic (exact) mass is 388 g/mol. The van der Waals surface area contributed by atoms with E-state index in [1.165, 1.54) is 36.1 Å². The molecule has 0 spiro atoms. The maximum absolute atomic E-state index is 12.1. The Balaban J connectivity index is 2.06. The Morgan fingerprint density at radius 1 is 1.11 bits per heavy atom. The van der Waals surface area contributed by atoms with E-state index >= 15 is 0 Å². The average molecular weight is 389 g/mol. The van der Waals surface area contributed by atoms with Crippen molar-refractivity contribution in [1.82, 2.24) is 0 Å². The van der Waals surface area contributed by atoms with Crippen LogP contribution in [0.15, 0.2) is 41.3 Å². The second-order valence-electron chi connectivity index (χ2n) is 9.71. The lowest BCUT2D eigenvalue weighted by Gasteiger charge is -2.21.